The second kappa shape index (κ2) is 7.99. The molecule has 0 amide bonds. The van der Waals surface area contributed by atoms with Crippen LogP contribution in [-0.4, -0.2) is 73.5 Å². The second-order valence-corrected chi connectivity index (χ2v) is 10.7. The first-order chi connectivity index (χ1) is 13.0. The highest BCUT2D eigenvalue weighted by Crippen LogP contribution is 2.36. The Hall–Kier alpha value is -1.07. The first-order valence-corrected chi connectivity index (χ1v) is 11.5. The zero-order valence-corrected chi connectivity index (χ0v) is 18.0. The third-order valence-corrected chi connectivity index (χ3v) is 7.63. The Labute approximate surface area is 168 Å². The maximum absolute atomic E-state index is 12.8. The lowest BCUT2D eigenvalue weighted by molar-refractivity contribution is 0.00578. The van der Waals surface area contributed by atoms with Crippen molar-refractivity contribution in [3.8, 4) is 0 Å². The molecule has 2 aliphatic heterocycles. The first-order valence-electron chi connectivity index (χ1n) is 9.87. The fraction of sp³-hybridized carbons (Fsp3) is 0.778. The Morgan fingerprint density at radius 3 is 2.39 bits per heavy atom. The monoisotopic (exact) mass is 410 g/mol. The van der Waals surface area contributed by atoms with Crippen molar-refractivity contribution in [1.29, 1.82) is 0 Å². The van der Waals surface area contributed by atoms with Gasteiger partial charge in [0.1, 0.15) is 0 Å². The molecule has 0 unspecified atom stereocenters. The van der Waals surface area contributed by atoms with Gasteiger partial charge in [0, 0.05) is 37.5 Å². The van der Waals surface area contributed by atoms with Gasteiger partial charge in [-0.3, -0.25) is 0 Å². The average Bonchev–Trinajstić information content (AvgIpc) is 2.83. The molecule has 2 aliphatic rings. The van der Waals surface area contributed by atoms with Crippen molar-refractivity contribution in [2.45, 2.75) is 56.9 Å². The van der Waals surface area contributed by atoms with Crippen LogP contribution in [0.1, 0.15) is 40.5 Å². The molecular formula is C18H31BN4O4S. The van der Waals surface area contributed by atoms with Crippen LogP contribution < -0.4 is 11.2 Å². The van der Waals surface area contributed by atoms with Crippen LogP contribution in [0.25, 0.3) is 0 Å². The Bertz CT molecular complexity index is 767. The number of aromatic nitrogens is 2. The van der Waals surface area contributed by atoms with Crippen LogP contribution in [0, 0.1) is 5.92 Å². The molecule has 8 nitrogen and oxygen atoms in total. The Morgan fingerprint density at radius 2 is 1.82 bits per heavy atom. The molecule has 156 valence electrons. The third kappa shape index (κ3) is 4.57. The Balaban J connectivity index is 1.67. The smallest absolute Gasteiger partial charge is 0.399 e. The normalized spacial score (nSPS) is 25.2. The molecule has 0 spiro atoms. The van der Waals surface area contributed by atoms with Crippen LogP contribution in [0.5, 0.6) is 0 Å². The minimum atomic E-state index is -3.55. The summed E-state index contributed by atoms with van der Waals surface area (Å²) in [6.45, 7) is 11.0. The van der Waals surface area contributed by atoms with Crippen molar-refractivity contribution >= 4 is 22.4 Å². The highest BCUT2D eigenvalue weighted by Gasteiger charge is 2.52. The summed E-state index contributed by atoms with van der Waals surface area (Å²) in [6, 6.07) is 0. The summed E-state index contributed by atoms with van der Waals surface area (Å²) in [5.74, 6) is 0.140. The summed E-state index contributed by atoms with van der Waals surface area (Å²) in [7, 11) is -4.15. The van der Waals surface area contributed by atoms with Gasteiger partial charge in [-0.2, -0.15) is 0 Å². The lowest BCUT2D eigenvalue weighted by Crippen LogP contribution is -2.41. The van der Waals surface area contributed by atoms with Crippen molar-refractivity contribution in [2.75, 3.05) is 31.9 Å². The third-order valence-electron chi connectivity index (χ3n) is 5.96. The van der Waals surface area contributed by atoms with Crippen LogP contribution in [0.15, 0.2) is 17.6 Å². The molecule has 3 rings (SSSR count). The number of hydrogen-bond donors (Lipinski definition) is 1. The first kappa shape index (κ1) is 21.6. The summed E-state index contributed by atoms with van der Waals surface area (Å²) in [4.78, 5) is 10.5. The van der Waals surface area contributed by atoms with E-state index in [4.69, 9.17) is 15.0 Å². The summed E-state index contributed by atoms with van der Waals surface area (Å²) in [5, 5.41) is -0.135. The summed E-state index contributed by atoms with van der Waals surface area (Å²) in [5.41, 5.74) is 5.29. The van der Waals surface area contributed by atoms with Crippen LogP contribution >= 0.6 is 0 Å². The molecule has 28 heavy (non-hydrogen) atoms. The molecule has 2 N–H and O–H groups in total. The van der Waals surface area contributed by atoms with Gasteiger partial charge in [-0.05, 0) is 53.0 Å². The SMILES string of the molecule is CC1(C)OB(c2cnc(S(=O)(=O)C[C@@H]3CCCN(CCN)C3)nc2)OC1(C)C. The van der Waals surface area contributed by atoms with E-state index < -0.39 is 28.2 Å². The molecule has 3 heterocycles. The molecule has 1 atom stereocenters. The number of sulfone groups is 1. The maximum Gasteiger partial charge on any atom is 0.498 e. The quantitative estimate of drug-likeness (QED) is 0.524. The minimum Gasteiger partial charge on any atom is -0.399 e. The van der Waals surface area contributed by atoms with E-state index in [1.54, 1.807) is 0 Å². The standard InChI is InChI=1S/C18H31BN4O4S/c1-17(2)18(3,4)27-19(26-17)15-10-21-16(22-11-15)28(24,25)13-14-6-5-8-23(12-14)9-7-20/h10-11,14H,5-9,12-13,20H2,1-4H3/t14-/m1/s1. The van der Waals surface area contributed by atoms with Crippen molar-refractivity contribution in [3.63, 3.8) is 0 Å². The van der Waals surface area contributed by atoms with Gasteiger partial charge in [-0.15, -0.1) is 0 Å². The van der Waals surface area contributed by atoms with E-state index in [1.165, 1.54) is 12.4 Å². The molecule has 0 aromatic carbocycles. The van der Waals surface area contributed by atoms with Gasteiger partial charge in [-0.25, -0.2) is 18.4 Å². The van der Waals surface area contributed by atoms with Gasteiger partial charge in [-0.1, -0.05) is 0 Å². The lowest BCUT2D eigenvalue weighted by Gasteiger charge is -2.32. The number of piperidine rings is 1. The number of nitrogens with zero attached hydrogens (tertiary/aromatic N) is 3. The van der Waals surface area contributed by atoms with E-state index in [0.29, 0.717) is 12.0 Å². The molecular weight excluding hydrogens is 379 g/mol. The number of hydrogen-bond acceptors (Lipinski definition) is 8. The topological polar surface area (TPSA) is 108 Å². The largest absolute Gasteiger partial charge is 0.498 e. The van der Waals surface area contributed by atoms with E-state index in [0.717, 1.165) is 32.5 Å². The number of nitrogens with two attached hydrogens (primary N) is 1. The van der Waals surface area contributed by atoms with E-state index >= 15 is 0 Å². The lowest BCUT2D eigenvalue weighted by atomic mass is 9.81. The summed E-state index contributed by atoms with van der Waals surface area (Å²) < 4.78 is 37.5. The molecule has 0 radical (unpaired) electrons. The molecule has 2 fully saturated rings. The van der Waals surface area contributed by atoms with E-state index in [2.05, 4.69) is 14.9 Å². The predicted molar refractivity (Wildman–Crippen MR) is 108 cm³/mol. The van der Waals surface area contributed by atoms with E-state index in [9.17, 15) is 8.42 Å². The van der Waals surface area contributed by atoms with Crippen molar-refractivity contribution in [3.05, 3.63) is 12.4 Å². The van der Waals surface area contributed by atoms with Gasteiger partial charge < -0.3 is 19.9 Å². The van der Waals surface area contributed by atoms with Crippen LogP contribution in [0.4, 0.5) is 0 Å². The number of rotatable bonds is 6. The number of likely N-dealkylation sites (tertiary alicyclic amines) is 1. The fourth-order valence-corrected chi connectivity index (χ4v) is 5.11. The van der Waals surface area contributed by atoms with Crippen molar-refractivity contribution < 1.29 is 17.7 Å². The molecule has 1 aromatic heterocycles. The fourth-order valence-electron chi connectivity index (χ4n) is 3.65. The summed E-state index contributed by atoms with van der Waals surface area (Å²) in [6.07, 6.45) is 4.86. The molecule has 0 bridgehead atoms. The zero-order valence-electron chi connectivity index (χ0n) is 17.2. The van der Waals surface area contributed by atoms with Crippen LogP contribution in [0.2, 0.25) is 0 Å². The van der Waals surface area contributed by atoms with Gasteiger partial charge >= 0.3 is 7.12 Å². The van der Waals surface area contributed by atoms with E-state index in [-0.39, 0.29) is 16.8 Å². The van der Waals surface area contributed by atoms with Crippen molar-refractivity contribution in [1.82, 2.24) is 14.9 Å². The Kier molecular flexibility index (Phi) is 6.17. The summed E-state index contributed by atoms with van der Waals surface area (Å²) >= 11 is 0. The highest BCUT2D eigenvalue weighted by atomic mass is 32.2. The van der Waals surface area contributed by atoms with Crippen LogP contribution in [-0.2, 0) is 19.1 Å². The van der Waals surface area contributed by atoms with Gasteiger partial charge in [0.05, 0.1) is 17.0 Å². The highest BCUT2D eigenvalue weighted by molar-refractivity contribution is 7.91. The molecule has 0 saturated carbocycles. The molecule has 1 aromatic rings. The van der Waals surface area contributed by atoms with Gasteiger partial charge in [0.15, 0.2) is 0 Å². The molecule has 0 aliphatic carbocycles. The van der Waals surface area contributed by atoms with Crippen molar-refractivity contribution in [2.24, 2.45) is 11.7 Å². The predicted octanol–water partition coefficient (Wildman–Crippen LogP) is 0.220. The maximum atomic E-state index is 12.8. The second-order valence-electron chi connectivity index (χ2n) is 8.77. The molecule has 2 saturated heterocycles. The zero-order chi connectivity index (χ0) is 20.6. The van der Waals surface area contributed by atoms with Gasteiger partial charge in [0.2, 0.25) is 15.0 Å². The van der Waals surface area contributed by atoms with Crippen LogP contribution in [0.3, 0.4) is 0 Å². The minimum absolute atomic E-state index is 0.0594. The van der Waals surface area contributed by atoms with Gasteiger partial charge in [0.25, 0.3) is 0 Å². The average molecular weight is 410 g/mol. The Morgan fingerprint density at radius 1 is 1.21 bits per heavy atom. The van der Waals surface area contributed by atoms with E-state index in [1.807, 2.05) is 27.7 Å². The molecule has 10 heteroatoms.